The highest BCUT2D eigenvalue weighted by molar-refractivity contribution is 8.07. The van der Waals surface area contributed by atoms with E-state index in [-0.39, 0.29) is 16.7 Å². The quantitative estimate of drug-likeness (QED) is 0.0638. The van der Waals surface area contributed by atoms with Crippen LogP contribution in [0.5, 0.6) is 0 Å². The zero-order valence-electron chi connectivity index (χ0n) is 27.2. The summed E-state index contributed by atoms with van der Waals surface area (Å²) in [5.74, 6) is -1.60. The van der Waals surface area contributed by atoms with Crippen LogP contribution in [-0.4, -0.2) is 62.4 Å². The normalized spacial score (nSPS) is 17.4. The predicted octanol–water partition coefficient (Wildman–Crippen LogP) is 8.31. The van der Waals surface area contributed by atoms with E-state index in [1.807, 2.05) is 60.7 Å². The van der Waals surface area contributed by atoms with Crippen molar-refractivity contribution in [3.05, 3.63) is 116 Å². The molecule has 3 aromatic rings. The lowest BCUT2D eigenvalue weighted by atomic mass is 10.0. The second-order valence-electron chi connectivity index (χ2n) is 12.0. The van der Waals surface area contributed by atoms with Crippen LogP contribution in [0.15, 0.2) is 94.4 Å². The molecule has 2 aliphatic rings. The van der Waals surface area contributed by atoms with Crippen LogP contribution < -0.4 is 5.32 Å². The van der Waals surface area contributed by atoms with Crippen LogP contribution in [0.4, 0.5) is 0 Å². The van der Waals surface area contributed by atoms with Crippen molar-refractivity contribution >= 4 is 99.9 Å². The van der Waals surface area contributed by atoms with E-state index in [0.717, 1.165) is 22.9 Å². The number of halogens is 3. The van der Waals surface area contributed by atoms with E-state index in [4.69, 9.17) is 44.3 Å². The number of amides is 2. The average Bonchev–Trinajstić information content (AvgIpc) is 3.09. The summed E-state index contributed by atoms with van der Waals surface area (Å²) >= 11 is 22.8. The second-order valence-corrected chi connectivity index (χ2v) is 16.6. The molecule has 0 spiro atoms. The lowest BCUT2D eigenvalue weighted by molar-refractivity contribution is -0.154. The van der Waals surface area contributed by atoms with E-state index >= 15 is 0 Å². The number of rotatable bonds is 12. The van der Waals surface area contributed by atoms with Crippen molar-refractivity contribution < 1.29 is 28.7 Å². The molecule has 50 heavy (non-hydrogen) atoms. The number of nitrogens with zero attached hydrogens (tertiary/aromatic N) is 1. The second kappa shape index (κ2) is 17.0. The number of carbonyl (C=O) groups is 4. The van der Waals surface area contributed by atoms with Gasteiger partial charge in [0, 0.05) is 26.7 Å². The molecule has 0 saturated carbocycles. The minimum Gasteiger partial charge on any atom is -0.457 e. The fourth-order valence-electron chi connectivity index (χ4n) is 5.14. The van der Waals surface area contributed by atoms with Gasteiger partial charge in [-0.1, -0.05) is 83.9 Å². The Kier molecular flexibility index (Phi) is 13.0. The molecule has 1 N–H and O–H groups in total. The molecule has 2 heterocycles. The minimum absolute atomic E-state index is 0.0434. The van der Waals surface area contributed by atoms with Crippen molar-refractivity contribution in [2.75, 3.05) is 16.7 Å². The molecule has 0 bridgehead atoms. The zero-order chi connectivity index (χ0) is 36.0. The van der Waals surface area contributed by atoms with Crippen LogP contribution in [0.3, 0.4) is 0 Å². The smallest absolute Gasteiger partial charge is 0.356 e. The fraction of sp³-hybridized carbons (Fsp3) is 0.278. The predicted molar refractivity (Wildman–Crippen MR) is 203 cm³/mol. The van der Waals surface area contributed by atoms with E-state index < -0.39 is 46.9 Å². The number of esters is 2. The molecule has 2 atom stereocenters. The molecule has 14 heteroatoms. The maximum absolute atomic E-state index is 13.9. The van der Waals surface area contributed by atoms with Crippen LogP contribution in [0, 0.1) is 0 Å². The van der Waals surface area contributed by atoms with Gasteiger partial charge in [-0.05, 0) is 55.7 Å². The highest BCUT2D eigenvalue weighted by Gasteiger charge is 2.54. The first-order chi connectivity index (χ1) is 23.9. The van der Waals surface area contributed by atoms with Crippen LogP contribution in [0.25, 0.3) is 6.08 Å². The number of β-lactam (4-membered cyclic amide) rings is 1. The summed E-state index contributed by atoms with van der Waals surface area (Å²) in [6.45, 7) is 5.31. The lowest BCUT2D eigenvalue weighted by Crippen LogP contribution is -2.70. The van der Waals surface area contributed by atoms with Crippen LogP contribution in [0.2, 0.25) is 10.0 Å². The van der Waals surface area contributed by atoms with Gasteiger partial charge >= 0.3 is 11.9 Å². The summed E-state index contributed by atoms with van der Waals surface area (Å²) < 4.78 is 11.4. The van der Waals surface area contributed by atoms with Gasteiger partial charge in [-0.15, -0.1) is 46.9 Å². The highest BCUT2D eigenvalue weighted by atomic mass is 35.5. The van der Waals surface area contributed by atoms with E-state index in [1.165, 1.54) is 40.6 Å². The number of hydrogen-bond acceptors (Lipinski definition) is 9. The Morgan fingerprint density at radius 1 is 1.00 bits per heavy atom. The molecule has 0 aliphatic carbocycles. The summed E-state index contributed by atoms with van der Waals surface area (Å²) in [6.07, 6.45) is 2.08. The minimum atomic E-state index is -0.836. The number of carbonyl (C=O) groups excluding carboxylic acids is 4. The van der Waals surface area contributed by atoms with Crippen molar-refractivity contribution in [2.45, 2.75) is 48.8 Å². The van der Waals surface area contributed by atoms with Gasteiger partial charge in [0.15, 0.2) is 6.10 Å². The molecule has 1 fully saturated rings. The van der Waals surface area contributed by atoms with Crippen LogP contribution in [0.1, 0.15) is 43.6 Å². The summed E-state index contributed by atoms with van der Waals surface area (Å²) in [7, 11) is 0. The number of thioether (sulfide) groups is 3. The third-order valence-corrected chi connectivity index (χ3v) is 11.7. The Morgan fingerprint density at radius 2 is 1.64 bits per heavy atom. The molecule has 2 amide bonds. The highest BCUT2D eigenvalue weighted by Crippen LogP contribution is 2.45. The molecule has 0 aromatic heterocycles. The van der Waals surface area contributed by atoms with Crippen LogP contribution >= 0.6 is 70.1 Å². The van der Waals surface area contributed by atoms with Gasteiger partial charge in [0.1, 0.15) is 22.7 Å². The molecular formula is C36H33Cl3N2O6S3. The average molecular weight is 792 g/mol. The van der Waals surface area contributed by atoms with Crippen molar-refractivity contribution in [3.63, 3.8) is 0 Å². The molecule has 3 aromatic carbocycles. The lowest BCUT2D eigenvalue weighted by Gasteiger charge is -2.49. The molecule has 2 aliphatic heterocycles. The maximum atomic E-state index is 13.9. The Labute approximate surface area is 318 Å². The Bertz CT molecular complexity index is 1780. The number of nitrogens with one attached hydrogen (secondary N) is 1. The Balaban J connectivity index is 1.24. The monoisotopic (exact) mass is 790 g/mol. The van der Waals surface area contributed by atoms with Gasteiger partial charge in [0.05, 0.1) is 16.0 Å². The van der Waals surface area contributed by atoms with Crippen molar-refractivity contribution in [1.82, 2.24) is 10.2 Å². The summed E-state index contributed by atoms with van der Waals surface area (Å²) in [5.41, 5.74) is 1.59. The van der Waals surface area contributed by atoms with Crippen LogP contribution in [-0.2, 0) is 28.7 Å². The van der Waals surface area contributed by atoms with E-state index in [0.29, 0.717) is 31.2 Å². The Morgan fingerprint density at radius 3 is 2.24 bits per heavy atom. The van der Waals surface area contributed by atoms with E-state index in [2.05, 4.69) is 5.32 Å². The fourth-order valence-corrected chi connectivity index (χ4v) is 9.11. The summed E-state index contributed by atoms with van der Waals surface area (Å²) in [6, 6.07) is 21.1. The Hall–Kier alpha value is -3.06. The van der Waals surface area contributed by atoms with E-state index in [9.17, 15) is 19.2 Å². The third kappa shape index (κ3) is 9.43. The standard InChI is InChI=1S/C36H33Cl3N2O6S3/c1-36(2,3)47-29(43)15-14-23-16-25(39)26(17-24(23)38)48-19-28(42)40-30-33(44)41-31(27(50-20-37)18-49-34(30)41)35(45)46-32(21-10-6-4-7-11-21)22-12-8-5-9-13-22/h4-17,30,32,34H,18-20H2,1-3H3,(H,40,42)/b15-14+/t30-,34-/m1/s1. The number of fused-ring (bicyclic) bond motifs is 1. The molecular weight excluding hydrogens is 759 g/mol. The van der Waals surface area contributed by atoms with E-state index in [1.54, 1.807) is 32.9 Å². The third-order valence-electron chi connectivity index (χ3n) is 7.32. The molecule has 1 saturated heterocycles. The topological polar surface area (TPSA) is 102 Å². The number of benzene rings is 3. The van der Waals surface area contributed by atoms with Gasteiger partial charge in [0.25, 0.3) is 5.91 Å². The molecule has 5 rings (SSSR count). The SMILES string of the molecule is CC(C)(C)OC(=O)/C=C/c1cc(Cl)c(SCC(=O)N[C@@H]2C(=O)N3C(C(=O)OC(c4ccccc4)c4ccccc4)=C(SCCl)CS[C@H]23)cc1Cl. The number of alkyl halides is 1. The zero-order valence-corrected chi connectivity index (χ0v) is 31.9. The number of ether oxygens (including phenoxy) is 2. The van der Waals surface area contributed by atoms with Gasteiger partial charge in [-0.2, -0.15) is 0 Å². The molecule has 0 radical (unpaired) electrons. The summed E-state index contributed by atoms with van der Waals surface area (Å²) in [5, 5.41) is 3.17. The van der Waals surface area contributed by atoms with Gasteiger partial charge in [-0.25, -0.2) is 9.59 Å². The summed E-state index contributed by atoms with van der Waals surface area (Å²) in [4.78, 5) is 55.1. The van der Waals surface area contributed by atoms with Gasteiger partial charge < -0.3 is 14.8 Å². The molecule has 262 valence electrons. The number of hydrogen-bond donors (Lipinski definition) is 1. The van der Waals surface area contributed by atoms with Crippen molar-refractivity contribution in [2.24, 2.45) is 0 Å². The van der Waals surface area contributed by atoms with Crippen molar-refractivity contribution in [3.8, 4) is 0 Å². The largest absolute Gasteiger partial charge is 0.457 e. The first-order valence-corrected chi connectivity index (χ1v) is 19.7. The first-order valence-electron chi connectivity index (χ1n) is 15.4. The molecule has 8 nitrogen and oxygen atoms in total. The van der Waals surface area contributed by atoms with Gasteiger partial charge in [0.2, 0.25) is 5.91 Å². The van der Waals surface area contributed by atoms with Gasteiger partial charge in [-0.3, -0.25) is 14.5 Å². The van der Waals surface area contributed by atoms with Crippen molar-refractivity contribution in [1.29, 1.82) is 0 Å². The molecule has 0 unspecified atom stereocenters. The maximum Gasteiger partial charge on any atom is 0.356 e. The first kappa shape index (κ1) is 38.2.